The molecule has 2 N–H and O–H groups in total. The van der Waals surface area contributed by atoms with Gasteiger partial charge in [-0.2, -0.15) is 0 Å². The van der Waals surface area contributed by atoms with Crippen molar-refractivity contribution < 1.29 is 0 Å². The lowest BCUT2D eigenvalue weighted by Crippen LogP contribution is -1.94. The Bertz CT molecular complexity index is 480. The number of aryl methyl sites for hydroxylation is 2. The summed E-state index contributed by atoms with van der Waals surface area (Å²) < 4.78 is 0. The molecule has 1 heterocycles. The largest absolute Gasteiger partial charge is 0.328 e. The fourth-order valence-electron chi connectivity index (χ4n) is 1.34. The number of nitrogens with one attached hydrogen (secondary N) is 2. The Morgan fingerprint density at radius 2 is 1.81 bits per heavy atom. The Labute approximate surface area is 104 Å². The van der Waals surface area contributed by atoms with E-state index in [0.29, 0.717) is 21.7 Å². The van der Waals surface area contributed by atoms with Crippen molar-refractivity contribution in [1.82, 2.24) is 9.97 Å². The van der Waals surface area contributed by atoms with Crippen LogP contribution in [0.5, 0.6) is 0 Å². The van der Waals surface area contributed by atoms with Gasteiger partial charge < -0.3 is 10.3 Å². The van der Waals surface area contributed by atoms with Gasteiger partial charge in [0.1, 0.15) is 0 Å². The van der Waals surface area contributed by atoms with Crippen LogP contribution in [0.4, 0.5) is 11.6 Å². The summed E-state index contributed by atoms with van der Waals surface area (Å²) in [6.45, 7) is 3.90. The van der Waals surface area contributed by atoms with Crippen LogP contribution in [0.3, 0.4) is 0 Å². The van der Waals surface area contributed by atoms with E-state index in [1.165, 1.54) is 0 Å². The summed E-state index contributed by atoms with van der Waals surface area (Å²) in [5.41, 5.74) is 2.64. The molecule has 2 rings (SSSR count). The lowest BCUT2D eigenvalue weighted by atomic mass is 10.3. The zero-order valence-corrected chi connectivity index (χ0v) is 10.4. The molecule has 3 nitrogen and oxygen atoms in total. The summed E-state index contributed by atoms with van der Waals surface area (Å²) in [6.07, 6.45) is 0. The van der Waals surface area contributed by atoms with Gasteiger partial charge in [-0.1, -0.05) is 29.3 Å². The van der Waals surface area contributed by atoms with Gasteiger partial charge in [-0.25, -0.2) is 4.98 Å². The molecule has 0 saturated heterocycles. The maximum atomic E-state index is 6.04. The summed E-state index contributed by atoms with van der Waals surface area (Å²) in [7, 11) is 0. The third kappa shape index (κ3) is 2.15. The molecule has 16 heavy (non-hydrogen) atoms. The molecule has 0 bridgehead atoms. The quantitative estimate of drug-likeness (QED) is 0.850. The first kappa shape index (κ1) is 11.3. The van der Waals surface area contributed by atoms with E-state index in [1.54, 1.807) is 18.2 Å². The van der Waals surface area contributed by atoms with E-state index in [-0.39, 0.29) is 0 Å². The van der Waals surface area contributed by atoms with Crippen molar-refractivity contribution in [2.75, 3.05) is 5.32 Å². The standard InChI is InChI=1S/C11H11Cl2N3/c1-6-7(2)15-11(14-6)16-10-8(12)4-3-5-9(10)13/h3-5H,1-2H3,(H2,14,15,16). The normalized spacial score (nSPS) is 10.5. The molecule has 84 valence electrons. The number of imidazole rings is 1. The smallest absolute Gasteiger partial charge is 0.205 e. The molecule has 0 unspecified atom stereocenters. The van der Waals surface area contributed by atoms with Crippen molar-refractivity contribution in [3.63, 3.8) is 0 Å². The number of hydrogen-bond acceptors (Lipinski definition) is 2. The number of halogens is 2. The van der Waals surface area contributed by atoms with Crippen LogP contribution in [0.2, 0.25) is 10.0 Å². The van der Waals surface area contributed by atoms with Gasteiger partial charge in [0.25, 0.3) is 0 Å². The minimum atomic E-state index is 0.569. The molecule has 5 heteroatoms. The van der Waals surface area contributed by atoms with Crippen LogP contribution in [0.15, 0.2) is 18.2 Å². The maximum absolute atomic E-state index is 6.04. The van der Waals surface area contributed by atoms with Crippen molar-refractivity contribution in [3.8, 4) is 0 Å². The van der Waals surface area contributed by atoms with Gasteiger partial charge in [0.15, 0.2) is 0 Å². The molecule has 0 aliphatic carbocycles. The highest BCUT2D eigenvalue weighted by atomic mass is 35.5. The zero-order valence-electron chi connectivity index (χ0n) is 8.94. The fourth-order valence-corrected chi connectivity index (χ4v) is 1.83. The van der Waals surface area contributed by atoms with Gasteiger partial charge in [0.2, 0.25) is 5.95 Å². The molecule has 1 aromatic heterocycles. The highest BCUT2D eigenvalue weighted by Gasteiger charge is 2.08. The van der Waals surface area contributed by atoms with Crippen LogP contribution in [-0.2, 0) is 0 Å². The molecule has 0 spiro atoms. The van der Waals surface area contributed by atoms with Gasteiger partial charge in [0.05, 0.1) is 21.4 Å². The predicted molar refractivity (Wildman–Crippen MR) is 67.8 cm³/mol. The molecular formula is C11H11Cl2N3. The minimum absolute atomic E-state index is 0.569. The number of H-pyrrole nitrogens is 1. The Morgan fingerprint density at radius 1 is 1.19 bits per heavy atom. The number of aromatic nitrogens is 2. The first-order chi connectivity index (χ1) is 7.58. The molecule has 0 radical (unpaired) electrons. The maximum Gasteiger partial charge on any atom is 0.205 e. The van der Waals surface area contributed by atoms with Crippen molar-refractivity contribution in [3.05, 3.63) is 39.6 Å². The third-order valence-electron chi connectivity index (χ3n) is 2.33. The monoisotopic (exact) mass is 255 g/mol. The molecule has 0 aliphatic rings. The van der Waals surface area contributed by atoms with Gasteiger partial charge >= 0.3 is 0 Å². The first-order valence-electron chi connectivity index (χ1n) is 4.82. The second-order valence-electron chi connectivity index (χ2n) is 3.52. The number of benzene rings is 1. The molecule has 0 atom stereocenters. The summed E-state index contributed by atoms with van der Waals surface area (Å²) in [4.78, 5) is 7.41. The van der Waals surface area contributed by atoms with Gasteiger partial charge in [-0.15, -0.1) is 0 Å². The Hall–Kier alpha value is -1.19. The molecule has 0 aliphatic heterocycles. The Balaban J connectivity index is 2.33. The number of anilines is 2. The van der Waals surface area contributed by atoms with E-state index in [2.05, 4.69) is 15.3 Å². The van der Waals surface area contributed by atoms with Crippen molar-refractivity contribution in [2.45, 2.75) is 13.8 Å². The number of hydrogen-bond donors (Lipinski definition) is 2. The zero-order chi connectivity index (χ0) is 11.7. The average Bonchev–Trinajstić information content (AvgIpc) is 2.53. The highest BCUT2D eigenvalue weighted by Crippen LogP contribution is 2.31. The van der Waals surface area contributed by atoms with Crippen LogP contribution in [-0.4, -0.2) is 9.97 Å². The SMILES string of the molecule is Cc1nc(Nc2c(Cl)cccc2Cl)[nH]c1C. The molecule has 0 fully saturated rings. The van der Waals surface area contributed by atoms with Crippen molar-refractivity contribution in [1.29, 1.82) is 0 Å². The second kappa shape index (κ2) is 4.36. The molecular weight excluding hydrogens is 245 g/mol. The molecule has 2 aromatic rings. The van der Waals surface area contributed by atoms with Crippen molar-refractivity contribution >= 4 is 34.8 Å². The van der Waals surface area contributed by atoms with E-state index in [4.69, 9.17) is 23.2 Å². The highest BCUT2D eigenvalue weighted by molar-refractivity contribution is 6.39. The molecule has 0 amide bonds. The molecule has 1 aromatic carbocycles. The minimum Gasteiger partial charge on any atom is -0.328 e. The van der Waals surface area contributed by atoms with Crippen molar-refractivity contribution in [2.24, 2.45) is 0 Å². The van der Waals surface area contributed by atoms with E-state index >= 15 is 0 Å². The van der Waals surface area contributed by atoms with Crippen LogP contribution in [0.25, 0.3) is 0 Å². The topological polar surface area (TPSA) is 40.7 Å². The summed E-state index contributed by atoms with van der Waals surface area (Å²) in [5.74, 6) is 0.644. The first-order valence-corrected chi connectivity index (χ1v) is 5.58. The summed E-state index contributed by atoms with van der Waals surface area (Å²) in [5, 5.41) is 4.21. The summed E-state index contributed by atoms with van der Waals surface area (Å²) in [6, 6.07) is 5.35. The number of aromatic amines is 1. The van der Waals surface area contributed by atoms with Gasteiger partial charge in [0, 0.05) is 5.69 Å². The van der Waals surface area contributed by atoms with E-state index in [1.807, 2.05) is 13.8 Å². The number of para-hydroxylation sites is 1. The van der Waals surface area contributed by atoms with Gasteiger partial charge in [-0.3, -0.25) is 0 Å². The van der Waals surface area contributed by atoms with Gasteiger partial charge in [-0.05, 0) is 26.0 Å². The average molecular weight is 256 g/mol. The van der Waals surface area contributed by atoms with E-state index in [9.17, 15) is 0 Å². The Morgan fingerprint density at radius 3 is 2.31 bits per heavy atom. The van der Waals surface area contributed by atoms with E-state index in [0.717, 1.165) is 11.4 Å². The predicted octanol–water partition coefficient (Wildman–Crippen LogP) is 4.08. The lowest BCUT2D eigenvalue weighted by Gasteiger charge is -2.07. The van der Waals surface area contributed by atoms with Crippen LogP contribution in [0.1, 0.15) is 11.4 Å². The number of rotatable bonds is 2. The fraction of sp³-hybridized carbons (Fsp3) is 0.182. The Kier molecular flexibility index (Phi) is 3.08. The lowest BCUT2D eigenvalue weighted by molar-refractivity contribution is 1.22. The van der Waals surface area contributed by atoms with E-state index < -0.39 is 0 Å². The second-order valence-corrected chi connectivity index (χ2v) is 4.33. The third-order valence-corrected chi connectivity index (χ3v) is 2.96. The summed E-state index contributed by atoms with van der Waals surface area (Å²) >= 11 is 12.1. The number of nitrogens with zero attached hydrogens (tertiary/aromatic N) is 1. The van der Waals surface area contributed by atoms with Crippen LogP contribution < -0.4 is 5.32 Å². The van der Waals surface area contributed by atoms with Crippen LogP contribution in [0, 0.1) is 13.8 Å². The van der Waals surface area contributed by atoms with Crippen LogP contribution >= 0.6 is 23.2 Å². The molecule has 0 saturated carbocycles.